The predicted octanol–water partition coefficient (Wildman–Crippen LogP) is 1.87. The van der Waals surface area contributed by atoms with Crippen molar-refractivity contribution in [2.24, 2.45) is 5.73 Å². The molecule has 0 fully saturated rings. The molecule has 0 unspecified atom stereocenters. The number of aliphatic carboxylic acids is 1. The molecule has 1 amide bonds. The zero-order chi connectivity index (χ0) is 19.4. The van der Waals surface area contributed by atoms with Crippen LogP contribution in [0, 0.1) is 6.92 Å². The van der Waals surface area contributed by atoms with E-state index in [1.807, 2.05) is 13.8 Å². The number of nitrogens with two attached hydrogens (primary N) is 1. The minimum absolute atomic E-state index is 0. The summed E-state index contributed by atoms with van der Waals surface area (Å²) in [5, 5.41) is 14.5. The molecule has 1 atom stereocenters. The maximum Gasteiger partial charge on any atom is 0.348 e. The van der Waals surface area contributed by atoms with Gasteiger partial charge in [-0.25, -0.2) is 4.79 Å². The molecule has 148 valence electrons. The highest BCUT2D eigenvalue weighted by atomic mass is 35.5. The maximum atomic E-state index is 12.2. The third-order valence-corrected chi connectivity index (χ3v) is 3.62. The van der Waals surface area contributed by atoms with Crippen LogP contribution in [0.4, 0.5) is 11.7 Å². The number of carbonyl (C=O) groups is 2. The van der Waals surface area contributed by atoms with Gasteiger partial charge in [0.25, 0.3) is 6.01 Å². The van der Waals surface area contributed by atoms with Gasteiger partial charge in [0, 0.05) is 18.2 Å². The molecule has 1 aromatic heterocycles. The summed E-state index contributed by atoms with van der Waals surface area (Å²) in [5.74, 6) is -1.52. The number of aromatic nitrogens is 1. The zero-order valence-electron chi connectivity index (χ0n) is 15.2. The number of nitrogens with zero attached hydrogens (tertiary/aromatic N) is 1. The molecular weight excluding hydrogens is 376 g/mol. The Hall–Kier alpha value is -2.65. The van der Waals surface area contributed by atoms with E-state index in [1.165, 1.54) is 0 Å². The fraction of sp³-hybridized carbons (Fsp3) is 0.412. The first-order chi connectivity index (χ1) is 12.2. The predicted molar refractivity (Wildman–Crippen MR) is 104 cm³/mol. The number of carbonyl (C=O) groups excluding carboxylic acids is 1. The van der Waals surface area contributed by atoms with Crippen LogP contribution in [0.3, 0.4) is 0 Å². The number of rotatable bonds is 7. The summed E-state index contributed by atoms with van der Waals surface area (Å²) in [6.07, 6.45) is -0.170. The molecule has 10 heteroatoms. The van der Waals surface area contributed by atoms with Gasteiger partial charge in [-0.05, 0) is 44.9 Å². The lowest BCUT2D eigenvalue weighted by Gasteiger charge is -2.13. The largest absolute Gasteiger partial charge is 0.481 e. The van der Waals surface area contributed by atoms with Crippen molar-refractivity contribution in [3.8, 4) is 0 Å². The van der Waals surface area contributed by atoms with Gasteiger partial charge >= 0.3 is 11.6 Å². The third kappa shape index (κ3) is 5.93. The van der Waals surface area contributed by atoms with Crippen molar-refractivity contribution >= 4 is 46.9 Å². The Morgan fingerprint density at radius 3 is 2.59 bits per heavy atom. The normalized spacial score (nSPS) is 11.7. The second kappa shape index (κ2) is 9.33. The first kappa shape index (κ1) is 22.4. The lowest BCUT2D eigenvalue weighted by molar-refractivity contribution is -0.137. The van der Waals surface area contributed by atoms with Gasteiger partial charge in [0.15, 0.2) is 0 Å². The van der Waals surface area contributed by atoms with E-state index in [-0.39, 0.29) is 37.3 Å². The summed E-state index contributed by atoms with van der Waals surface area (Å²) in [5.41, 5.74) is 6.56. The topological polar surface area (TPSA) is 148 Å². The molecule has 0 saturated carbocycles. The third-order valence-electron chi connectivity index (χ3n) is 3.62. The summed E-state index contributed by atoms with van der Waals surface area (Å²) in [6.45, 7) is 5.47. The maximum absolute atomic E-state index is 12.2. The van der Waals surface area contributed by atoms with Crippen molar-refractivity contribution in [3.63, 3.8) is 0 Å². The van der Waals surface area contributed by atoms with E-state index in [9.17, 15) is 14.4 Å². The Morgan fingerprint density at radius 2 is 2.00 bits per heavy atom. The smallest absolute Gasteiger partial charge is 0.348 e. The first-order valence-corrected chi connectivity index (χ1v) is 8.17. The SMILES string of the molecule is Cc1cc(NC(=O)[C@H](N)CCC(=O)O)cc2nc(NC(C)C)oc(=O)c12.Cl. The van der Waals surface area contributed by atoms with E-state index in [2.05, 4.69) is 15.6 Å². The minimum atomic E-state index is -1.02. The molecule has 0 radical (unpaired) electrons. The van der Waals surface area contributed by atoms with Crippen molar-refractivity contribution in [3.05, 3.63) is 28.1 Å². The second-order valence-corrected chi connectivity index (χ2v) is 6.32. The average Bonchev–Trinajstić information content (AvgIpc) is 2.50. The molecule has 0 spiro atoms. The number of amides is 1. The van der Waals surface area contributed by atoms with Gasteiger partial charge in [-0.3, -0.25) is 9.59 Å². The molecule has 0 bridgehead atoms. The molecular formula is C17H23ClN4O5. The zero-order valence-corrected chi connectivity index (χ0v) is 16.1. The monoisotopic (exact) mass is 398 g/mol. The highest BCUT2D eigenvalue weighted by Crippen LogP contribution is 2.21. The minimum Gasteiger partial charge on any atom is -0.481 e. The Labute approximate surface area is 161 Å². The summed E-state index contributed by atoms with van der Waals surface area (Å²) in [4.78, 5) is 39.1. The number of halogens is 1. The van der Waals surface area contributed by atoms with Crippen molar-refractivity contribution in [2.45, 2.75) is 45.7 Å². The highest BCUT2D eigenvalue weighted by molar-refractivity contribution is 5.97. The lowest BCUT2D eigenvalue weighted by atomic mass is 10.1. The van der Waals surface area contributed by atoms with Gasteiger partial charge in [0.2, 0.25) is 5.91 Å². The van der Waals surface area contributed by atoms with Crippen molar-refractivity contribution in [2.75, 3.05) is 10.6 Å². The van der Waals surface area contributed by atoms with E-state index < -0.39 is 23.5 Å². The summed E-state index contributed by atoms with van der Waals surface area (Å²) >= 11 is 0. The van der Waals surface area contributed by atoms with Crippen LogP contribution in [-0.2, 0) is 9.59 Å². The summed E-state index contributed by atoms with van der Waals surface area (Å²) in [7, 11) is 0. The van der Waals surface area contributed by atoms with E-state index in [0.717, 1.165) is 0 Å². The second-order valence-electron chi connectivity index (χ2n) is 6.32. The van der Waals surface area contributed by atoms with E-state index in [0.29, 0.717) is 22.2 Å². The molecule has 0 aliphatic carbocycles. The fourth-order valence-electron chi connectivity index (χ4n) is 2.42. The van der Waals surface area contributed by atoms with Crippen LogP contribution in [0.1, 0.15) is 32.3 Å². The molecule has 0 saturated heterocycles. The molecule has 27 heavy (non-hydrogen) atoms. The standard InChI is InChI=1S/C17H22N4O5.ClH/c1-8(2)19-17-21-12-7-10(6-9(3)14(12)16(25)26-17)20-15(24)11(18)4-5-13(22)23;/h6-8,11H,4-5,18H2,1-3H3,(H,19,21)(H,20,24)(H,22,23);1H/t11-;/m1./s1. The summed E-state index contributed by atoms with van der Waals surface area (Å²) in [6, 6.07) is 2.33. The number of benzene rings is 1. The van der Waals surface area contributed by atoms with Gasteiger partial charge in [-0.2, -0.15) is 4.98 Å². The number of carboxylic acids is 1. The molecule has 2 aromatic rings. The van der Waals surface area contributed by atoms with Crippen LogP contribution >= 0.6 is 12.4 Å². The van der Waals surface area contributed by atoms with Crippen molar-refractivity contribution in [1.82, 2.24) is 4.98 Å². The van der Waals surface area contributed by atoms with Crippen LogP contribution in [-0.4, -0.2) is 34.1 Å². The fourth-order valence-corrected chi connectivity index (χ4v) is 2.42. The Kier molecular flexibility index (Phi) is 7.74. The van der Waals surface area contributed by atoms with Crippen LogP contribution in [0.15, 0.2) is 21.3 Å². The number of aryl methyl sites for hydroxylation is 1. The molecule has 5 N–H and O–H groups in total. The quantitative estimate of drug-likeness (QED) is 0.552. The van der Waals surface area contributed by atoms with Crippen molar-refractivity contribution < 1.29 is 19.1 Å². The van der Waals surface area contributed by atoms with Gasteiger partial charge in [0.1, 0.15) is 0 Å². The van der Waals surface area contributed by atoms with Crippen molar-refractivity contribution in [1.29, 1.82) is 0 Å². The highest BCUT2D eigenvalue weighted by Gasteiger charge is 2.17. The number of nitrogens with one attached hydrogen (secondary N) is 2. The number of carboxylic acid groups (broad SMARTS) is 1. The van der Waals surface area contributed by atoms with Crippen LogP contribution in [0.5, 0.6) is 0 Å². The van der Waals surface area contributed by atoms with Gasteiger partial charge in [0.05, 0.1) is 16.9 Å². The average molecular weight is 399 g/mol. The number of anilines is 2. The Morgan fingerprint density at radius 1 is 1.33 bits per heavy atom. The van der Waals surface area contributed by atoms with Crippen LogP contribution in [0.2, 0.25) is 0 Å². The lowest BCUT2D eigenvalue weighted by Crippen LogP contribution is -2.36. The van der Waals surface area contributed by atoms with E-state index in [1.54, 1.807) is 19.1 Å². The summed E-state index contributed by atoms with van der Waals surface area (Å²) < 4.78 is 5.16. The Balaban J connectivity index is 0.00000364. The number of hydrogen-bond donors (Lipinski definition) is 4. The van der Waals surface area contributed by atoms with Crippen LogP contribution in [0.25, 0.3) is 10.9 Å². The van der Waals surface area contributed by atoms with E-state index in [4.69, 9.17) is 15.3 Å². The molecule has 2 rings (SSSR count). The molecule has 1 aromatic carbocycles. The van der Waals surface area contributed by atoms with Crippen LogP contribution < -0.4 is 22.0 Å². The Bertz CT molecular complexity index is 897. The van der Waals surface area contributed by atoms with Gasteiger partial charge < -0.3 is 25.9 Å². The van der Waals surface area contributed by atoms with Gasteiger partial charge in [-0.15, -0.1) is 12.4 Å². The van der Waals surface area contributed by atoms with Gasteiger partial charge in [-0.1, -0.05) is 0 Å². The molecule has 1 heterocycles. The number of hydrogen-bond acceptors (Lipinski definition) is 7. The molecule has 0 aliphatic rings. The molecule has 0 aliphatic heterocycles. The number of fused-ring (bicyclic) bond motifs is 1. The van der Waals surface area contributed by atoms with E-state index >= 15 is 0 Å². The first-order valence-electron chi connectivity index (χ1n) is 8.17. The molecule has 9 nitrogen and oxygen atoms in total.